The van der Waals surface area contributed by atoms with E-state index in [1.165, 1.54) is 0 Å². The Labute approximate surface area is 95.6 Å². The summed E-state index contributed by atoms with van der Waals surface area (Å²) in [6.45, 7) is 0.170. The van der Waals surface area contributed by atoms with Gasteiger partial charge in [0.25, 0.3) is 0 Å². The van der Waals surface area contributed by atoms with Crippen molar-refractivity contribution in [3.8, 4) is 0 Å². The largest absolute Gasteiger partial charge is 0.394 e. The first-order valence-electron chi connectivity index (χ1n) is 4.74. The molecule has 1 fully saturated rings. The third kappa shape index (κ3) is 2.46. The molecule has 1 aliphatic heterocycles. The zero-order chi connectivity index (χ0) is 13.2. The molecule has 9 nitrogen and oxygen atoms in total. The van der Waals surface area contributed by atoms with Gasteiger partial charge in [0.1, 0.15) is 24.4 Å². The van der Waals surface area contributed by atoms with Gasteiger partial charge in [-0.15, -0.1) is 0 Å². The van der Waals surface area contributed by atoms with Crippen molar-refractivity contribution in [1.82, 2.24) is 0 Å². The monoisotopic (exact) mass is 254 g/mol. The molecule has 0 unspecified atom stereocenters. The predicted molar refractivity (Wildman–Crippen MR) is 47.8 cm³/mol. The first-order chi connectivity index (χ1) is 7.86. The molecular formula is C8H14O9. The Hall–Kier alpha value is -0.650. The van der Waals surface area contributed by atoms with Crippen LogP contribution in [0.4, 0.5) is 0 Å². The van der Waals surface area contributed by atoms with E-state index in [-0.39, 0.29) is 0 Å². The molecule has 0 aromatic heterocycles. The van der Waals surface area contributed by atoms with Crippen LogP contribution in [-0.2, 0) is 19.6 Å². The molecule has 1 rings (SSSR count). The molecular weight excluding hydrogens is 240 g/mol. The van der Waals surface area contributed by atoms with Crippen molar-refractivity contribution >= 4 is 5.78 Å². The van der Waals surface area contributed by atoms with Crippen LogP contribution in [0.15, 0.2) is 0 Å². The lowest BCUT2D eigenvalue weighted by molar-refractivity contribution is -0.725. The average molecular weight is 254 g/mol. The SMILES string of the molecule is CC(=O)C1([C@H](O)[C@@H](O)[C@H](O)[C@H](O)CO)OOO1. The lowest BCUT2D eigenvalue weighted by Gasteiger charge is -2.40. The fraction of sp³-hybridized carbons (Fsp3) is 0.875. The van der Waals surface area contributed by atoms with Gasteiger partial charge in [0.05, 0.1) is 6.61 Å². The third-order valence-electron chi connectivity index (χ3n) is 2.45. The highest BCUT2D eigenvalue weighted by Crippen LogP contribution is 2.32. The Bertz CT molecular complexity index is 276. The molecule has 17 heavy (non-hydrogen) atoms. The van der Waals surface area contributed by atoms with Crippen LogP contribution in [-0.4, -0.2) is 68.1 Å². The quantitative estimate of drug-likeness (QED) is 0.306. The molecule has 0 aliphatic carbocycles. The Morgan fingerprint density at radius 2 is 1.71 bits per heavy atom. The summed E-state index contributed by atoms with van der Waals surface area (Å²) in [6, 6.07) is 0. The number of carbonyl (C=O) groups excluding carboxylic acids is 1. The molecule has 0 radical (unpaired) electrons. The average Bonchev–Trinajstić information content (AvgIpc) is 2.23. The van der Waals surface area contributed by atoms with Crippen molar-refractivity contribution < 1.29 is 45.1 Å². The molecule has 9 heteroatoms. The fourth-order valence-corrected chi connectivity index (χ4v) is 1.28. The fourth-order valence-electron chi connectivity index (χ4n) is 1.28. The minimum absolute atomic E-state index is 0.805. The van der Waals surface area contributed by atoms with Crippen molar-refractivity contribution in [3.63, 3.8) is 0 Å². The molecule has 4 atom stereocenters. The van der Waals surface area contributed by atoms with E-state index in [4.69, 9.17) is 10.2 Å². The number of aliphatic hydroxyl groups is 5. The third-order valence-corrected chi connectivity index (χ3v) is 2.45. The summed E-state index contributed by atoms with van der Waals surface area (Å²) < 4.78 is 0. The summed E-state index contributed by atoms with van der Waals surface area (Å²) in [5.41, 5.74) is 0. The Kier molecular flexibility index (Phi) is 4.52. The summed E-state index contributed by atoms with van der Waals surface area (Å²) in [7, 11) is 0. The van der Waals surface area contributed by atoms with Crippen LogP contribution in [0.3, 0.4) is 0 Å². The maximum absolute atomic E-state index is 11.2. The van der Waals surface area contributed by atoms with Crippen molar-refractivity contribution in [2.75, 3.05) is 6.61 Å². The predicted octanol–water partition coefficient (Wildman–Crippen LogP) is -3.40. The minimum Gasteiger partial charge on any atom is -0.394 e. The Morgan fingerprint density at radius 1 is 1.18 bits per heavy atom. The van der Waals surface area contributed by atoms with Crippen LogP contribution < -0.4 is 0 Å². The van der Waals surface area contributed by atoms with E-state index in [9.17, 15) is 20.1 Å². The minimum atomic E-state index is -2.24. The molecule has 0 aromatic rings. The van der Waals surface area contributed by atoms with E-state index in [1.54, 1.807) is 0 Å². The molecule has 0 aromatic carbocycles. The summed E-state index contributed by atoms with van der Waals surface area (Å²) in [5, 5.41) is 49.9. The number of Topliss-reactive ketones (excluding diaryl/α,β-unsaturated/α-hetero) is 1. The molecule has 0 saturated carbocycles. The van der Waals surface area contributed by atoms with Crippen LogP contribution >= 0.6 is 0 Å². The van der Waals surface area contributed by atoms with Gasteiger partial charge in [-0.25, -0.2) is 0 Å². The first-order valence-corrected chi connectivity index (χ1v) is 4.74. The van der Waals surface area contributed by atoms with Crippen molar-refractivity contribution in [2.45, 2.75) is 37.1 Å². The van der Waals surface area contributed by atoms with Crippen LogP contribution in [0.25, 0.3) is 0 Å². The Morgan fingerprint density at radius 3 is 2.00 bits per heavy atom. The van der Waals surface area contributed by atoms with Crippen LogP contribution in [0.5, 0.6) is 0 Å². The number of hydrogen-bond donors (Lipinski definition) is 5. The van der Waals surface area contributed by atoms with Crippen molar-refractivity contribution in [2.24, 2.45) is 0 Å². The summed E-state index contributed by atoms with van der Waals surface area (Å²) in [4.78, 5) is 19.7. The molecule has 0 amide bonds. The van der Waals surface area contributed by atoms with Crippen LogP contribution in [0.2, 0.25) is 0 Å². The molecule has 100 valence electrons. The van der Waals surface area contributed by atoms with E-state index in [0.717, 1.165) is 6.92 Å². The number of aliphatic hydroxyl groups excluding tert-OH is 5. The lowest BCUT2D eigenvalue weighted by Crippen LogP contribution is -2.65. The lowest BCUT2D eigenvalue weighted by atomic mass is 9.94. The Balaban J connectivity index is 2.74. The second-order valence-corrected chi connectivity index (χ2v) is 3.63. The molecule has 0 spiro atoms. The summed E-state index contributed by atoms with van der Waals surface area (Å²) in [6.07, 6.45) is -7.56. The molecule has 1 aliphatic rings. The van der Waals surface area contributed by atoms with Crippen LogP contribution in [0.1, 0.15) is 6.92 Å². The van der Waals surface area contributed by atoms with Crippen LogP contribution in [0, 0.1) is 0 Å². The highest BCUT2D eigenvalue weighted by Gasteiger charge is 2.59. The summed E-state index contributed by atoms with van der Waals surface area (Å²) in [5.74, 6) is -3.05. The zero-order valence-corrected chi connectivity index (χ0v) is 8.89. The highest BCUT2D eigenvalue weighted by molar-refractivity contribution is 5.84. The second kappa shape index (κ2) is 5.33. The van der Waals surface area contributed by atoms with E-state index in [2.05, 4.69) is 14.8 Å². The molecule has 0 bridgehead atoms. The van der Waals surface area contributed by atoms with Gasteiger partial charge in [-0.3, -0.25) is 4.79 Å². The molecule has 1 saturated heterocycles. The van der Waals surface area contributed by atoms with E-state index in [1.807, 2.05) is 0 Å². The second-order valence-electron chi connectivity index (χ2n) is 3.63. The number of rotatable bonds is 6. The zero-order valence-electron chi connectivity index (χ0n) is 8.89. The van der Waals surface area contributed by atoms with Gasteiger partial charge < -0.3 is 25.5 Å². The normalized spacial score (nSPS) is 25.5. The highest BCUT2D eigenvalue weighted by atomic mass is 17.6. The van der Waals surface area contributed by atoms with Gasteiger partial charge in [0.15, 0.2) is 5.78 Å². The summed E-state index contributed by atoms with van der Waals surface area (Å²) >= 11 is 0. The first kappa shape index (κ1) is 14.4. The maximum atomic E-state index is 11.2. The van der Waals surface area contributed by atoms with E-state index >= 15 is 0 Å². The maximum Gasteiger partial charge on any atom is 0.324 e. The van der Waals surface area contributed by atoms with Gasteiger partial charge in [-0.1, -0.05) is 5.04 Å². The van der Waals surface area contributed by atoms with Gasteiger partial charge in [-0.05, 0) is 0 Å². The molecule has 1 heterocycles. The number of ketones is 1. The molecule has 5 N–H and O–H groups in total. The van der Waals surface area contributed by atoms with Gasteiger partial charge in [0.2, 0.25) is 0 Å². The van der Waals surface area contributed by atoms with Gasteiger partial charge in [-0.2, -0.15) is 9.78 Å². The smallest absolute Gasteiger partial charge is 0.324 e. The van der Waals surface area contributed by atoms with Crippen molar-refractivity contribution in [1.29, 1.82) is 0 Å². The van der Waals surface area contributed by atoms with Gasteiger partial charge >= 0.3 is 5.79 Å². The topological polar surface area (TPSA) is 146 Å². The van der Waals surface area contributed by atoms with Crippen molar-refractivity contribution in [3.05, 3.63) is 0 Å². The van der Waals surface area contributed by atoms with E-state index in [0.29, 0.717) is 0 Å². The standard InChI is InChI=1S/C8H14O9/c1-3(10)8(15-17-16-8)7(14)6(13)5(12)4(11)2-9/h4-7,9,11-14H,2H2,1H3/t4-,5-,6+,7-/m1/s1. The number of hydrogen-bond acceptors (Lipinski definition) is 9. The number of carbonyl (C=O) groups is 1. The van der Waals surface area contributed by atoms with Gasteiger partial charge in [0, 0.05) is 6.92 Å². The van der Waals surface area contributed by atoms with E-state index < -0.39 is 42.6 Å².